The first kappa shape index (κ1) is 11.1. The lowest BCUT2D eigenvalue weighted by atomic mass is 9.89. The van der Waals surface area contributed by atoms with Crippen LogP contribution in [0.5, 0.6) is 0 Å². The number of carboxylic acids is 1. The third kappa shape index (κ3) is 2.48. The summed E-state index contributed by atoms with van der Waals surface area (Å²) in [6, 6.07) is 0. The molecule has 0 radical (unpaired) electrons. The van der Waals surface area contributed by atoms with Gasteiger partial charge in [-0.2, -0.15) is 0 Å². The molecule has 0 spiro atoms. The maximum Gasteiger partial charge on any atom is 0.335 e. The number of aliphatic hydroxyl groups is 4. The Kier molecular flexibility index (Phi) is 3.53. The molecule has 7 heteroatoms. The monoisotopic (exact) mass is 209 g/mol. The standard InChI is InChI=1S/C7H12O7/c1-7(14,5(11)6(12)13)4(10)3(9)2-8/h2-5,9-11,14H,1H3,(H,12,13)/t3-,4+,5+,7-/m0/s1/i1D. The van der Waals surface area contributed by atoms with Crippen LogP contribution in [0.2, 0.25) is 0 Å². The minimum Gasteiger partial charge on any atom is -0.479 e. The van der Waals surface area contributed by atoms with Gasteiger partial charge in [0.25, 0.3) is 0 Å². The van der Waals surface area contributed by atoms with E-state index in [0.29, 0.717) is 0 Å². The Bertz CT molecular complexity index is 245. The van der Waals surface area contributed by atoms with Crippen LogP contribution in [0.25, 0.3) is 0 Å². The second kappa shape index (κ2) is 4.47. The van der Waals surface area contributed by atoms with Crippen LogP contribution in [0.3, 0.4) is 0 Å². The number of carbonyl (C=O) groups is 2. The molecule has 0 rings (SSSR count). The topological polar surface area (TPSA) is 135 Å². The average molecular weight is 209 g/mol. The molecule has 7 nitrogen and oxygen atoms in total. The smallest absolute Gasteiger partial charge is 0.335 e. The van der Waals surface area contributed by atoms with Crippen molar-refractivity contribution in [1.82, 2.24) is 0 Å². The van der Waals surface area contributed by atoms with E-state index in [1.165, 1.54) is 0 Å². The molecule has 0 bridgehead atoms. The molecular weight excluding hydrogens is 196 g/mol. The summed E-state index contributed by atoms with van der Waals surface area (Å²) in [5.41, 5.74) is -2.80. The Labute approximate surface area is 80.6 Å². The zero-order valence-electron chi connectivity index (χ0n) is 8.07. The summed E-state index contributed by atoms with van der Waals surface area (Å²) in [5.74, 6) is -1.87. The van der Waals surface area contributed by atoms with E-state index in [1.54, 1.807) is 0 Å². The summed E-state index contributed by atoms with van der Waals surface area (Å²) in [4.78, 5) is 20.4. The van der Waals surface area contributed by atoms with Gasteiger partial charge in [0.05, 0.1) is 0 Å². The number of aldehydes is 1. The molecule has 0 aliphatic carbocycles. The summed E-state index contributed by atoms with van der Waals surface area (Å²) in [5, 5.41) is 44.9. The highest BCUT2D eigenvalue weighted by Crippen LogP contribution is 2.17. The van der Waals surface area contributed by atoms with Crippen molar-refractivity contribution < 1.29 is 36.5 Å². The number of aliphatic carboxylic acids is 1. The molecule has 0 heterocycles. The SMILES string of the molecule is [2H]C[C@@](O)([C@H](O)C(=O)O)[C@H](O)[C@@H](O)C=O. The van der Waals surface area contributed by atoms with Gasteiger partial charge in [0, 0.05) is 1.37 Å². The van der Waals surface area contributed by atoms with Crippen molar-refractivity contribution in [2.75, 3.05) is 0 Å². The molecule has 0 aliphatic rings. The lowest BCUT2D eigenvalue weighted by Crippen LogP contribution is -2.57. The minimum atomic E-state index is -2.80. The summed E-state index contributed by atoms with van der Waals surface area (Å²) < 4.78 is 6.82. The van der Waals surface area contributed by atoms with Crippen molar-refractivity contribution >= 4 is 12.3 Å². The highest BCUT2D eigenvalue weighted by atomic mass is 16.4. The van der Waals surface area contributed by atoms with Gasteiger partial charge in [0.1, 0.15) is 17.8 Å². The highest BCUT2D eigenvalue weighted by Gasteiger charge is 2.45. The maximum absolute atomic E-state index is 10.3. The van der Waals surface area contributed by atoms with Gasteiger partial charge in [0.15, 0.2) is 12.4 Å². The van der Waals surface area contributed by atoms with Crippen LogP contribution in [0.15, 0.2) is 0 Å². The van der Waals surface area contributed by atoms with Gasteiger partial charge >= 0.3 is 5.97 Å². The van der Waals surface area contributed by atoms with E-state index in [9.17, 15) is 19.8 Å². The van der Waals surface area contributed by atoms with Gasteiger partial charge in [-0.05, 0) is 6.90 Å². The number of hydrogen-bond donors (Lipinski definition) is 5. The van der Waals surface area contributed by atoms with E-state index in [1.807, 2.05) is 0 Å². The Hall–Kier alpha value is -1.02. The van der Waals surface area contributed by atoms with Crippen molar-refractivity contribution in [3.05, 3.63) is 0 Å². The van der Waals surface area contributed by atoms with Crippen molar-refractivity contribution in [3.63, 3.8) is 0 Å². The Balaban J connectivity index is 4.98. The predicted octanol–water partition coefficient (Wildman–Crippen LogP) is -2.90. The van der Waals surface area contributed by atoms with E-state index in [2.05, 4.69) is 0 Å². The van der Waals surface area contributed by atoms with Gasteiger partial charge in [-0.15, -0.1) is 0 Å². The fraction of sp³-hybridized carbons (Fsp3) is 0.714. The van der Waals surface area contributed by atoms with Crippen molar-refractivity contribution in [1.29, 1.82) is 0 Å². The van der Waals surface area contributed by atoms with E-state index in [0.717, 1.165) is 0 Å². The molecule has 0 aromatic carbocycles. The van der Waals surface area contributed by atoms with Crippen molar-refractivity contribution in [2.24, 2.45) is 0 Å². The molecule has 0 aliphatic heterocycles. The zero-order valence-corrected chi connectivity index (χ0v) is 7.07. The number of rotatable bonds is 5. The number of carbonyl (C=O) groups excluding carboxylic acids is 1. The van der Waals surface area contributed by atoms with Gasteiger partial charge in [-0.25, -0.2) is 4.79 Å². The highest BCUT2D eigenvalue weighted by molar-refractivity contribution is 5.74. The summed E-state index contributed by atoms with van der Waals surface area (Å²) in [7, 11) is 0. The summed E-state index contributed by atoms with van der Waals surface area (Å²) >= 11 is 0. The van der Waals surface area contributed by atoms with Crippen LogP contribution in [0.4, 0.5) is 0 Å². The Morgan fingerprint density at radius 1 is 1.50 bits per heavy atom. The summed E-state index contributed by atoms with van der Waals surface area (Å²) in [6.07, 6.45) is -6.94. The summed E-state index contributed by atoms with van der Waals surface area (Å²) in [6.45, 7) is -1.09. The fourth-order valence-corrected chi connectivity index (χ4v) is 0.746. The van der Waals surface area contributed by atoms with E-state index in [-0.39, 0.29) is 6.29 Å². The van der Waals surface area contributed by atoms with Crippen molar-refractivity contribution in [2.45, 2.75) is 30.8 Å². The Morgan fingerprint density at radius 2 is 2.00 bits per heavy atom. The third-order valence-electron chi connectivity index (χ3n) is 1.68. The molecular formula is C7H12O7. The van der Waals surface area contributed by atoms with Crippen LogP contribution < -0.4 is 0 Å². The van der Waals surface area contributed by atoms with Crippen LogP contribution in [-0.2, 0) is 9.59 Å². The molecule has 82 valence electrons. The second-order valence-corrected chi connectivity index (χ2v) is 2.80. The first-order valence-electron chi connectivity index (χ1n) is 4.25. The zero-order chi connectivity index (χ0) is 12.2. The van der Waals surface area contributed by atoms with E-state index >= 15 is 0 Å². The number of aliphatic hydroxyl groups excluding tert-OH is 3. The third-order valence-corrected chi connectivity index (χ3v) is 1.68. The number of carboxylic acid groups (broad SMARTS) is 1. The molecule has 14 heavy (non-hydrogen) atoms. The van der Waals surface area contributed by atoms with Crippen LogP contribution in [-0.4, -0.2) is 61.7 Å². The van der Waals surface area contributed by atoms with Crippen LogP contribution >= 0.6 is 0 Å². The normalized spacial score (nSPS) is 22.7. The first-order chi connectivity index (χ1) is 6.81. The predicted molar refractivity (Wildman–Crippen MR) is 42.3 cm³/mol. The quantitative estimate of drug-likeness (QED) is 0.306. The van der Waals surface area contributed by atoms with Crippen molar-refractivity contribution in [3.8, 4) is 0 Å². The van der Waals surface area contributed by atoms with E-state index < -0.39 is 36.8 Å². The minimum absolute atomic E-state index is 0.139. The van der Waals surface area contributed by atoms with E-state index in [4.69, 9.17) is 16.7 Å². The molecule has 0 aromatic heterocycles. The maximum atomic E-state index is 10.3. The van der Waals surface area contributed by atoms with Gasteiger partial charge in [0.2, 0.25) is 0 Å². The largest absolute Gasteiger partial charge is 0.479 e. The first-order valence-corrected chi connectivity index (χ1v) is 3.55. The molecule has 0 saturated carbocycles. The second-order valence-electron chi connectivity index (χ2n) is 2.80. The molecule has 0 fully saturated rings. The molecule has 4 atom stereocenters. The number of hydrogen-bond acceptors (Lipinski definition) is 6. The molecule has 0 amide bonds. The van der Waals surface area contributed by atoms with Crippen LogP contribution in [0.1, 0.15) is 8.27 Å². The lowest BCUT2D eigenvalue weighted by Gasteiger charge is -2.32. The van der Waals surface area contributed by atoms with Gasteiger partial charge in [-0.1, -0.05) is 0 Å². The molecule has 0 unspecified atom stereocenters. The average Bonchev–Trinajstić information content (AvgIpc) is 2.24. The molecule has 5 N–H and O–H groups in total. The van der Waals surface area contributed by atoms with Crippen LogP contribution in [0, 0.1) is 0 Å². The fourth-order valence-electron chi connectivity index (χ4n) is 0.746. The Morgan fingerprint density at radius 3 is 2.29 bits per heavy atom. The lowest BCUT2D eigenvalue weighted by molar-refractivity contribution is -0.187. The molecule has 0 aromatic rings. The van der Waals surface area contributed by atoms with Gasteiger partial charge in [-0.3, -0.25) is 0 Å². The molecule has 0 saturated heterocycles. The van der Waals surface area contributed by atoms with Gasteiger partial charge < -0.3 is 30.3 Å².